The number of hydrogen-bond acceptors (Lipinski definition) is 8. The van der Waals surface area contributed by atoms with Gasteiger partial charge in [-0.05, 0) is 32.9 Å². The Morgan fingerprint density at radius 2 is 1.92 bits per heavy atom. The molecule has 0 saturated heterocycles. The molecular weight excluding hydrogens is 328 g/mol. The van der Waals surface area contributed by atoms with E-state index in [0.29, 0.717) is 11.5 Å². The Morgan fingerprint density at radius 3 is 2.44 bits per heavy atom. The fourth-order valence-electron chi connectivity index (χ4n) is 2.67. The van der Waals surface area contributed by atoms with Crippen LogP contribution >= 0.6 is 0 Å². The minimum Gasteiger partial charge on any atom is -0.468 e. The SMILES string of the molecule is CCOC(=O)C1=C(C)NC(C=NO)=C(C(=O)OCC)C1c1ccco1. The number of dihydropyridines is 1. The van der Waals surface area contributed by atoms with Crippen molar-refractivity contribution >= 4 is 18.2 Å². The topological polar surface area (TPSA) is 110 Å². The third-order valence-electron chi connectivity index (χ3n) is 3.60. The van der Waals surface area contributed by atoms with Gasteiger partial charge in [0.15, 0.2) is 0 Å². The highest BCUT2D eigenvalue weighted by Crippen LogP contribution is 2.39. The molecule has 1 aromatic rings. The summed E-state index contributed by atoms with van der Waals surface area (Å²) in [7, 11) is 0. The first kappa shape index (κ1) is 18.3. The molecule has 2 N–H and O–H groups in total. The molecule has 0 spiro atoms. The molecule has 8 nitrogen and oxygen atoms in total. The molecule has 1 atom stereocenters. The maximum atomic E-state index is 12.5. The lowest BCUT2D eigenvalue weighted by Gasteiger charge is -2.28. The van der Waals surface area contributed by atoms with Gasteiger partial charge in [-0.15, -0.1) is 0 Å². The van der Waals surface area contributed by atoms with Crippen molar-refractivity contribution in [2.75, 3.05) is 13.2 Å². The van der Waals surface area contributed by atoms with E-state index in [0.717, 1.165) is 6.21 Å². The number of oxime groups is 1. The van der Waals surface area contributed by atoms with Crippen LogP contribution in [0.5, 0.6) is 0 Å². The quantitative estimate of drug-likeness (QED) is 0.350. The van der Waals surface area contributed by atoms with E-state index in [4.69, 9.17) is 19.1 Å². The molecule has 0 radical (unpaired) electrons. The van der Waals surface area contributed by atoms with Crippen LogP contribution in [0.4, 0.5) is 0 Å². The van der Waals surface area contributed by atoms with Crippen LogP contribution in [0.25, 0.3) is 0 Å². The van der Waals surface area contributed by atoms with Crippen LogP contribution in [0.3, 0.4) is 0 Å². The van der Waals surface area contributed by atoms with Gasteiger partial charge in [-0.2, -0.15) is 0 Å². The molecule has 0 bridgehead atoms. The summed E-state index contributed by atoms with van der Waals surface area (Å²) in [5.74, 6) is -1.70. The summed E-state index contributed by atoms with van der Waals surface area (Å²) < 4.78 is 15.7. The van der Waals surface area contributed by atoms with Gasteiger partial charge in [0.25, 0.3) is 0 Å². The molecule has 8 heteroatoms. The lowest BCUT2D eigenvalue weighted by Crippen LogP contribution is -2.33. The fraction of sp³-hybridized carbons (Fsp3) is 0.353. The predicted octanol–water partition coefficient (Wildman–Crippen LogP) is 2.08. The average Bonchev–Trinajstić information content (AvgIpc) is 3.09. The van der Waals surface area contributed by atoms with Gasteiger partial charge in [0.1, 0.15) is 5.76 Å². The van der Waals surface area contributed by atoms with E-state index >= 15 is 0 Å². The van der Waals surface area contributed by atoms with Gasteiger partial charge < -0.3 is 24.4 Å². The van der Waals surface area contributed by atoms with Gasteiger partial charge in [0.2, 0.25) is 0 Å². The van der Waals surface area contributed by atoms with Crippen LogP contribution in [0.2, 0.25) is 0 Å². The number of esters is 2. The Balaban J connectivity index is 2.65. The van der Waals surface area contributed by atoms with Crippen molar-refractivity contribution in [1.82, 2.24) is 5.32 Å². The Morgan fingerprint density at radius 1 is 1.28 bits per heavy atom. The number of furan rings is 1. The number of rotatable bonds is 6. The molecule has 1 aliphatic rings. The summed E-state index contributed by atoms with van der Waals surface area (Å²) in [6, 6.07) is 3.30. The summed E-state index contributed by atoms with van der Waals surface area (Å²) in [4.78, 5) is 25.0. The van der Waals surface area contributed by atoms with Crippen molar-refractivity contribution in [3.05, 3.63) is 46.7 Å². The van der Waals surface area contributed by atoms with E-state index in [1.165, 1.54) is 6.26 Å². The second-order valence-corrected chi connectivity index (χ2v) is 5.12. The van der Waals surface area contributed by atoms with Gasteiger partial charge in [-0.25, -0.2) is 9.59 Å². The van der Waals surface area contributed by atoms with Gasteiger partial charge in [-0.1, -0.05) is 5.16 Å². The van der Waals surface area contributed by atoms with Crippen molar-refractivity contribution in [3.8, 4) is 0 Å². The number of allylic oxidation sites excluding steroid dienone is 2. The number of ether oxygens (including phenoxy) is 2. The van der Waals surface area contributed by atoms with E-state index in [-0.39, 0.29) is 30.1 Å². The van der Waals surface area contributed by atoms with Crippen LogP contribution in [-0.4, -0.2) is 36.6 Å². The average molecular weight is 348 g/mol. The monoisotopic (exact) mass is 348 g/mol. The van der Waals surface area contributed by atoms with Crippen LogP contribution < -0.4 is 5.32 Å². The van der Waals surface area contributed by atoms with Crippen molar-refractivity contribution in [2.45, 2.75) is 26.7 Å². The molecule has 1 aliphatic heterocycles. The van der Waals surface area contributed by atoms with Crippen molar-refractivity contribution < 1.29 is 28.7 Å². The highest BCUT2D eigenvalue weighted by atomic mass is 16.5. The number of hydrogen-bond donors (Lipinski definition) is 2. The van der Waals surface area contributed by atoms with E-state index in [2.05, 4.69) is 10.5 Å². The lowest BCUT2D eigenvalue weighted by molar-refractivity contribution is -0.139. The second kappa shape index (κ2) is 8.18. The highest BCUT2D eigenvalue weighted by Gasteiger charge is 2.40. The first-order chi connectivity index (χ1) is 12.0. The Hall–Kier alpha value is -3.03. The van der Waals surface area contributed by atoms with E-state index in [1.54, 1.807) is 32.9 Å². The van der Waals surface area contributed by atoms with Crippen LogP contribution in [0.1, 0.15) is 32.4 Å². The normalized spacial score (nSPS) is 17.6. The summed E-state index contributed by atoms with van der Waals surface area (Å²) in [6.07, 6.45) is 2.52. The number of carbonyl (C=O) groups is 2. The minimum absolute atomic E-state index is 0.100. The fourth-order valence-corrected chi connectivity index (χ4v) is 2.67. The highest BCUT2D eigenvalue weighted by molar-refractivity contribution is 6.03. The second-order valence-electron chi connectivity index (χ2n) is 5.12. The van der Waals surface area contributed by atoms with Crippen LogP contribution in [-0.2, 0) is 19.1 Å². The van der Waals surface area contributed by atoms with Crippen LogP contribution in [0.15, 0.2) is 50.5 Å². The molecule has 0 amide bonds. The maximum absolute atomic E-state index is 12.5. The zero-order valence-corrected chi connectivity index (χ0v) is 14.2. The molecule has 1 aromatic heterocycles. The molecule has 2 rings (SSSR count). The first-order valence-electron chi connectivity index (χ1n) is 7.82. The zero-order valence-electron chi connectivity index (χ0n) is 14.2. The van der Waals surface area contributed by atoms with Gasteiger partial charge in [0, 0.05) is 5.70 Å². The summed E-state index contributed by atoms with van der Waals surface area (Å²) in [5, 5.41) is 14.8. The van der Waals surface area contributed by atoms with Crippen molar-refractivity contribution in [3.63, 3.8) is 0 Å². The van der Waals surface area contributed by atoms with Crippen molar-refractivity contribution in [1.29, 1.82) is 0 Å². The summed E-state index contributed by atoms with van der Waals surface area (Å²) in [6.45, 7) is 5.36. The molecule has 1 unspecified atom stereocenters. The Bertz CT molecular complexity index is 730. The molecular formula is C17H20N2O6. The van der Waals surface area contributed by atoms with Crippen molar-refractivity contribution in [2.24, 2.45) is 5.16 Å². The molecule has 2 heterocycles. The molecule has 0 aliphatic carbocycles. The number of carbonyl (C=O) groups excluding carboxylic acids is 2. The van der Waals surface area contributed by atoms with Gasteiger partial charge in [0.05, 0.1) is 48.5 Å². The number of nitrogens with one attached hydrogen (secondary N) is 1. The Labute approximate surface area is 144 Å². The molecule has 134 valence electrons. The molecule has 25 heavy (non-hydrogen) atoms. The van der Waals surface area contributed by atoms with Gasteiger partial charge >= 0.3 is 11.9 Å². The summed E-state index contributed by atoms with van der Waals surface area (Å²) >= 11 is 0. The van der Waals surface area contributed by atoms with Gasteiger partial charge in [-0.3, -0.25) is 0 Å². The standard InChI is InChI=1S/C17H20N2O6/c1-4-23-16(20)13-10(3)19-11(9-18-22)14(17(21)24-5-2)15(13)12-7-6-8-25-12/h6-9,15,19,22H,4-5H2,1-3H3. The Kier molecular flexibility index (Phi) is 5.99. The summed E-state index contributed by atoms with van der Waals surface area (Å²) in [5.41, 5.74) is 1.01. The zero-order chi connectivity index (χ0) is 18.4. The van der Waals surface area contributed by atoms with E-state index in [1.807, 2.05) is 0 Å². The molecule has 0 saturated carbocycles. The lowest BCUT2D eigenvalue weighted by atomic mass is 9.83. The third-order valence-corrected chi connectivity index (χ3v) is 3.60. The van der Waals surface area contributed by atoms with Crippen LogP contribution in [0, 0.1) is 0 Å². The number of nitrogens with zero attached hydrogens (tertiary/aromatic N) is 1. The molecule has 0 aromatic carbocycles. The minimum atomic E-state index is -0.845. The largest absolute Gasteiger partial charge is 0.468 e. The van der Waals surface area contributed by atoms with E-state index in [9.17, 15) is 9.59 Å². The molecule has 0 fully saturated rings. The van der Waals surface area contributed by atoms with E-state index < -0.39 is 17.9 Å². The maximum Gasteiger partial charge on any atom is 0.337 e. The first-order valence-corrected chi connectivity index (χ1v) is 7.82. The smallest absolute Gasteiger partial charge is 0.337 e. The third kappa shape index (κ3) is 3.73. The predicted molar refractivity (Wildman–Crippen MR) is 87.9 cm³/mol.